The van der Waals surface area contributed by atoms with Crippen molar-refractivity contribution in [2.45, 2.75) is 6.42 Å². The Morgan fingerprint density at radius 3 is 2.65 bits per heavy atom. The van der Waals surface area contributed by atoms with Crippen LogP contribution in [-0.2, 0) is 9.53 Å². The summed E-state index contributed by atoms with van der Waals surface area (Å²) in [5, 5.41) is 2.36. The molecule has 8 heteroatoms. The molecule has 17 heavy (non-hydrogen) atoms. The minimum Gasteiger partial charge on any atom is -0.469 e. The first-order chi connectivity index (χ1) is 8.02. The van der Waals surface area contributed by atoms with E-state index >= 15 is 0 Å². The third-order valence-corrected chi connectivity index (χ3v) is 1.85. The number of hydrogen-bond acceptors (Lipinski definition) is 5. The van der Waals surface area contributed by atoms with Gasteiger partial charge in [0.05, 0.1) is 13.5 Å². The van der Waals surface area contributed by atoms with Crippen molar-refractivity contribution in [2.75, 3.05) is 13.7 Å². The molecule has 0 aromatic carbocycles. The van der Waals surface area contributed by atoms with Crippen LogP contribution in [0.5, 0.6) is 0 Å². The number of methoxy groups -OCH3 is 1. The lowest BCUT2D eigenvalue weighted by Crippen LogP contribution is -2.32. The van der Waals surface area contributed by atoms with Crippen molar-refractivity contribution in [1.29, 1.82) is 0 Å². The molecule has 3 N–H and O–H groups in total. The fraction of sp³-hybridized carbons (Fsp3) is 0.333. The maximum absolute atomic E-state index is 11.4. The Balaban J connectivity index is 2.61. The maximum Gasteiger partial charge on any atom is 0.326 e. The summed E-state index contributed by atoms with van der Waals surface area (Å²) < 4.78 is 4.37. The molecule has 1 aromatic heterocycles. The van der Waals surface area contributed by atoms with Gasteiger partial charge in [0.2, 0.25) is 0 Å². The number of aromatic amines is 2. The molecule has 0 aliphatic carbocycles. The van der Waals surface area contributed by atoms with Crippen molar-refractivity contribution in [3.63, 3.8) is 0 Å². The van der Waals surface area contributed by atoms with Crippen LogP contribution >= 0.6 is 0 Å². The van der Waals surface area contributed by atoms with Gasteiger partial charge in [-0.15, -0.1) is 0 Å². The normalized spacial score (nSPS) is 9.71. The molecule has 0 fully saturated rings. The van der Waals surface area contributed by atoms with Gasteiger partial charge in [-0.25, -0.2) is 4.79 Å². The predicted molar refractivity (Wildman–Crippen MR) is 56.6 cm³/mol. The standard InChI is InChI=1S/C9H11N3O5/c1-17-7(14)2-3-10-8(15)5-4-6(13)12-9(16)11-5/h4H,2-3H2,1H3,(H,10,15)(H2,11,12,13,16). The molecule has 92 valence electrons. The quantitative estimate of drug-likeness (QED) is 0.545. The zero-order valence-electron chi connectivity index (χ0n) is 9.03. The number of carbonyl (C=O) groups excluding carboxylic acids is 2. The molecule has 0 spiro atoms. The minimum atomic E-state index is -0.768. The lowest BCUT2D eigenvalue weighted by molar-refractivity contribution is -0.140. The van der Waals surface area contributed by atoms with Crippen LogP contribution in [0, 0.1) is 0 Å². The van der Waals surface area contributed by atoms with E-state index in [1.54, 1.807) is 0 Å². The number of nitrogens with one attached hydrogen (secondary N) is 3. The van der Waals surface area contributed by atoms with E-state index in [0.29, 0.717) is 0 Å². The Hall–Kier alpha value is -2.38. The van der Waals surface area contributed by atoms with Crippen LogP contribution < -0.4 is 16.6 Å². The van der Waals surface area contributed by atoms with Crippen molar-refractivity contribution in [3.05, 3.63) is 32.6 Å². The van der Waals surface area contributed by atoms with Gasteiger partial charge in [-0.3, -0.25) is 19.4 Å². The first-order valence-electron chi connectivity index (χ1n) is 4.71. The Bertz CT molecular complexity index is 502. The van der Waals surface area contributed by atoms with Gasteiger partial charge in [0, 0.05) is 12.6 Å². The third-order valence-electron chi connectivity index (χ3n) is 1.85. The van der Waals surface area contributed by atoms with Gasteiger partial charge < -0.3 is 15.0 Å². The van der Waals surface area contributed by atoms with Gasteiger partial charge in [0.25, 0.3) is 11.5 Å². The number of ether oxygens (including phenoxy) is 1. The zero-order chi connectivity index (χ0) is 12.8. The summed E-state index contributed by atoms with van der Waals surface area (Å²) in [5.74, 6) is -1.11. The first-order valence-corrected chi connectivity index (χ1v) is 4.71. The molecular weight excluding hydrogens is 230 g/mol. The lowest BCUT2D eigenvalue weighted by atomic mass is 10.3. The topological polar surface area (TPSA) is 121 Å². The molecule has 1 rings (SSSR count). The molecule has 1 amide bonds. The van der Waals surface area contributed by atoms with E-state index in [4.69, 9.17) is 0 Å². The molecule has 0 unspecified atom stereocenters. The summed E-state index contributed by atoms with van der Waals surface area (Å²) in [6.45, 7) is 0.0559. The molecule has 1 aromatic rings. The van der Waals surface area contributed by atoms with Crippen molar-refractivity contribution < 1.29 is 14.3 Å². The molecule has 0 radical (unpaired) electrons. The molecule has 0 aliphatic heterocycles. The van der Waals surface area contributed by atoms with E-state index in [0.717, 1.165) is 6.07 Å². The Labute approximate surface area is 95.0 Å². The molecule has 0 bridgehead atoms. The number of carbonyl (C=O) groups is 2. The first kappa shape index (κ1) is 12.7. The molecule has 0 saturated carbocycles. The van der Waals surface area contributed by atoms with E-state index in [2.05, 4.69) is 15.0 Å². The number of esters is 1. The Morgan fingerprint density at radius 1 is 1.35 bits per heavy atom. The highest BCUT2D eigenvalue weighted by atomic mass is 16.5. The van der Waals surface area contributed by atoms with Gasteiger partial charge in [0.15, 0.2) is 0 Å². The van der Waals surface area contributed by atoms with Crippen molar-refractivity contribution >= 4 is 11.9 Å². The summed E-state index contributed by atoms with van der Waals surface area (Å²) in [7, 11) is 1.23. The van der Waals surface area contributed by atoms with Crippen LogP contribution in [0.25, 0.3) is 0 Å². The van der Waals surface area contributed by atoms with E-state index in [1.165, 1.54) is 7.11 Å². The summed E-state index contributed by atoms with van der Waals surface area (Å²) in [5.41, 5.74) is -1.61. The van der Waals surface area contributed by atoms with Crippen LogP contribution in [-0.4, -0.2) is 35.5 Å². The minimum absolute atomic E-state index is 0.00959. The van der Waals surface area contributed by atoms with Gasteiger partial charge in [-0.05, 0) is 0 Å². The predicted octanol–water partition coefficient (Wildman–Crippen LogP) is -1.64. The van der Waals surface area contributed by atoms with Gasteiger partial charge in [-0.2, -0.15) is 0 Å². The third kappa shape index (κ3) is 3.93. The second kappa shape index (κ2) is 5.64. The average Bonchev–Trinajstić information content (AvgIpc) is 2.27. The largest absolute Gasteiger partial charge is 0.469 e. The summed E-state index contributed by atoms with van der Waals surface area (Å²) in [4.78, 5) is 48.1. The van der Waals surface area contributed by atoms with E-state index in [-0.39, 0.29) is 18.7 Å². The molecular formula is C9H11N3O5. The number of rotatable bonds is 4. The average molecular weight is 241 g/mol. The van der Waals surface area contributed by atoms with Crippen LogP contribution in [0.3, 0.4) is 0 Å². The fourth-order valence-corrected chi connectivity index (χ4v) is 1.07. The Kier molecular flexibility index (Phi) is 4.21. The van der Waals surface area contributed by atoms with E-state index < -0.39 is 23.1 Å². The van der Waals surface area contributed by atoms with Crippen LogP contribution in [0.1, 0.15) is 16.9 Å². The van der Waals surface area contributed by atoms with Gasteiger partial charge >= 0.3 is 11.7 Å². The van der Waals surface area contributed by atoms with Crippen LogP contribution in [0.2, 0.25) is 0 Å². The molecule has 0 saturated heterocycles. The summed E-state index contributed by atoms with van der Waals surface area (Å²) >= 11 is 0. The SMILES string of the molecule is COC(=O)CCNC(=O)c1cc(=O)[nH]c(=O)[nH]1. The van der Waals surface area contributed by atoms with Gasteiger partial charge in [0.1, 0.15) is 5.69 Å². The molecule has 0 aliphatic rings. The molecule has 8 nitrogen and oxygen atoms in total. The Morgan fingerprint density at radius 2 is 2.06 bits per heavy atom. The second-order valence-corrected chi connectivity index (χ2v) is 3.08. The van der Waals surface area contributed by atoms with Crippen molar-refractivity contribution in [3.8, 4) is 0 Å². The number of amides is 1. The number of H-pyrrole nitrogens is 2. The highest BCUT2D eigenvalue weighted by molar-refractivity contribution is 5.92. The van der Waals surface area contributed by atoms with Crippen LogP contribution in [0.4, 0.5) is 0 Å². The monoisotopic (exact) mass is 241 g/mol. The number of hydrogen-bond donors (Lipinski definition) is 3. The number of aromatic nitrogens is 2. The van der Waals surface area contributed by atoms with Crippen molar-refractivity contribution in [1.82, 2.24) is 15.3 Å². The fourth-order valence-electron chi connectivity index (χ4n) is 1.07. The summed E-state index contributed by atoms with van der Waals surface area (Å²) in [6, 6.07) is 0.953. The smallest absolute Gasteiger partial charge is 0.326 e. The highest BCUT2D eigenvalue weighted by Gasteiger charge is 2.08. The van der Waals surface area contributed by atoms with E-state index in [1.807, 2.05) is 4.98 Å². The van der Waals surface area contributed by atoms with Gasteiger partial charge in [-0.1, -0.05) is 0 Å². The second-order valence-electron chi connectivity index (χ2n) is 3.08. The maximum atomic E-state index is 11.4. The van der Waals surface area contributed by atoms with Crippen LogP contribution in [0.15, 0.2) is 15.7 Å². The zero-order valence-corrected chi connectivity index (χ0v) is 9.03. The molecule has 1 heterocycles. The summed E-state index contributed by atoms with van der Waals surface area (Å²) in [6.07, 6.45) is 0.00959. The van der Waals surface area contributed by atoms with Crippen molar-refractivity contribution in [2.24, 2.45) is 0 Å². The van der Waals surface area contributed by atoms with E-state index in [9.17, 15) is 19.2 Å². The highest BCUT2D eigenvalue weighted by Crippen LogP contribution is 1.87. The lowest BCUT2D eigenvalue weighted by Gasteiger charge is -2.03. The molecule has 0 atom stereocenters.